The number of fused-ring (bicyclic) bond motifs is 3. The summed E-state index contributed by atoms with van der Waals surface area (Å²) < 4.78 is 5.89. The third-order valence-corrected chi connectivity index (χ3v) is 4.06. The third-order valence-electron chi connectivity index (χ3n) is 3.83. The number of aromatic nitrogens is 2. The molecule has 116 valence electrons. The van der Waals surface area contributed by atoms with Crippen molar-refractivity contribution in [1.29, 1.82) is 0 Å². The molecule has 1 aromatic carbocycles. The van der Waals surface area contributed by atoms with Gasteiger partial charge in [-0.3, -0.25) is 0 Å². The Kier molecular flexibility index (Phi) is 4.45. The first-order chi connectivity index (χ1) is 10.7. The summed E-state index contributed by atoms with van der Waals surface area (Å²) in [6, 6.07) is 5.54. The zero-order valence-corrected chi connectivity index (χ0v) is 13.5. The van der Waals surface area contributed by atoms with Crippen LogP contribution in [0.4, 0.5) is 5.82 Å². The molecule has 0 saturated heterocycles. The van der Waals surface area contributed by atoms with Crippen molar-refractivity contribution >= 4 is 39.5 Å². The lowest BCUT2D eigenvalue weighted by molar-refractivity contribution is 0.316. The Hall–Kier alpha value is -1.85. The number of furan rings is 1. The Balaban J connectivity index is 1.89. The second kappa shape index (κ2) is 6.50. The molecule has 0 saturated carbocycles. The van der Waals surface area contributed by atoms with E-state index >= 15 is 0 Å². The largest absolute Gasteiger partial charge is 0.450 e. The summed E-state index contributed by atoms with van der Waals surface area (Å²) in [6.45, 7) is 8.18. The van der Waals surface area contributed by atoms with Crippen LogP contribution in [0.25, 0.3) is 22.1 Å². The molecule has 6 heteroatoms. The Morgan fingerprint density at radius 3 is 2.82 bits per heavy atom. The van der Waals surface area contributed by atoms with E-state index in [9.17, 15) is 0 Å². The van der Waals surface area contributed by atoms with Crippen molar-refractivity contribution in [3.63, 3.8) is 0 Å². The molecule has 0 aliphatic heterocycles. The van der Waals surface area contributed by atoms with E-state index in [-0.39, 0.29) is 0 Å². The highest BCUT2D eigenvalue weighted by Crippen LogP contribution is 2.32. The SMILES string of the molecule is CCN(CC)CCNc1ncnc2c1oc1ccc(Cl)cc12. The number of benzene rings is 1. The zero-order chi connectivity index (χ0) is 15.5. The molecule has 3 rings (SSSR count). The Morgan fingerprint density at radius 2 is 2.05 bits per heavy atom. The first kappa shape index (κ1) is 15.1. The lowest BCUT2D eigenvalue weighted by atomic mass is 10.2. The number of likely N-dealkylation sites (N-methyl/N-ethyl adjacent to an activating group) is 1. The van der Waals surface area contributed by atoms with Crippen molar-refractivity contribution in [3.05, 3.63) is 29.5 Å². The van der Waals surface area contributed by atoms with E-state index in [2.05, 4.69) is 34.0 Å². The highest BCUT2D eigenvalue weighted by Gasteiger charge is 2.13. The van der Waals surface area contributed by atoms with E-state index in [0.29, 0.717) is 10.6 Å². The number of nitrogens with one attached hydrogen (secondary N) is 1. The summed E-state index contributed by atoms with van der Waals surface area (Å²) in [6.07, 6.45) is 1.55. The van der Waals surface area contributed by atoms with Gasteiger partial charge in [0.05, 0.1) is 0 Å². The summed E-state index contributed by atoms with van der Waals surface area (Å²) in [7, 11) is 0. The van der Waals surface area contributed by atoms with E-state index in [0.717, 1.165) is 48.5 Å². The minimum absolute atomic E-state index is 0.671. The van der Waals surface area contributed by atoms with E-state index < -0.39 is 0 Å². The molecule has 3 aromatic rings. The summed E-state index contributed by atoms with van der Waals surface area (Å²) in [5.41, 5.74) is 2.24. The average Bonchev–Trinajstić information content (AvgIpc) is 2.90. The van der Waals surface area contributed by atoms with Crippen LogP contribution in [0.1, 0.15) is 13.8 Å². The van der Waals surface area contributed by atoms with E-state index in [1.165, 1.54) is 0 Å². The van der Waals surface area contributed by atoms with Crippen LogP contribution in [-0.2, 0) is 0 Å². The topological polar surface area (TPSA) is 54.2 Å². The van der Waals surface area contributed by atoms with E-state index in [1.54, 1.807) is 6.33 Å². The first-order valence-electron chi connectivity index (χ1n) is 7.52. The molecule has 0 fully saturated rings. The summed E-state index contributed by atoms with van der Waals surface area (Å²) in [5, 5.41) is 4.93. The molecule has 2 heterocycles. The molecule has 2 aromatic heterocycles. The van der Waals surface area contributed by atoms with Gasteiger partial charge in [0, 0.05) is 23.5 Å². The molecule has 0 bridgehead atoms. The number of anilines is 1. The standard InChI is InChI=1S/C16H19ClN4O/c1-3-21(4-2)8-7-18-16-15-14(19-10-20-16)12-9-11(17)5-6-13(12)22-15/h5-6,9-10H,3-4,7-8H2,1-2H3,(H,18,19,20). The smallest absolute Gasteiger partial charge is 0.196 e. The molecule has 0 spiro atoms. The number of hydrogen-bond acceptors (Lipinski definition) is 5. The maximum atomic E-state index is 6.06. The predicted molar refractivity (Wildman–Crippen MR) is 90.6 cm³/mol. The predicted octanol–water partition coefficient (Wildman–Crippen LogP) is 3.78. The van der Waals surface area contributed by atoms with Gasteiger partial charge < -0.3 is 14.6 Å². The van der Waals surface area contributed by atoms with Gasteiger partial charge >= 0.3 is 0 Å². The highest BCUT2D eigenvalue weighted by molar-refractivity contribution is 6.31. The van der Waals surface area contributed by atoms with E-state index in [1.807, 2.05) is 18.2 Å². The van der Waals surface area contributed by atoms with Gasteiger partial charge in [-0.15, -0.1) is 0 Å². The van der Waals surface area contributed by atoms with Crippen LogP contribution in [-0.4, -0.2) is 41.0 Å². The Labute approximate surface area is 134 Å². The van der Waals surface area contributed by atoms with Crippen molar-refractivity contribution in [2.45, 2.75) is 13.8 Å². The molecule has 1 N–H and O–H groups in total. The normalized spacial score (nSPS) is 11.6. The molecule has 22 heavy (non-hydrogen) atoms. The lowest BCUT2D eigenvalue weighted by Gasteiger charge is -2.18. The van der Waals surface area contributed by atoms with Crippen molar-refractivity contribution in [1.82, 2.24) is 14.9 Å². The molecule has 0 atom stereocenters. The Bertz CT molecular complexity index is 782. The first-order valence-corrected chi connectivity index (χ1v) is 7.89. The van der Waals surface area contributed by atoms with Crippen LogP contribution < -0.4 is 5.32 Å². The molecule has 0 amide bonds. The van der Waals surface area contributed by atoms with Crippen molar-refractivity contribution in [2.75, 3.05) is 31.5 Å². The zero-order valence-electron chi connectivity index (χ0n) is 12.8. The second-order valence-corrected chi connectivity index (χ2v) is 5.53. The quantitative estimate of drug-likeness (QED) is 0.749. The van der Waals surface area contributed by atoms with Gasteiger partial charge in [-0.25, -0.2) is 9.97 Å². The number of halogens is 1. The third kappa shape index (κ3) is 2.87. The number of hydrogen-bond donors (Lipinski definition) is 1. The van der Waals surface area contributed by atoms with Crippen LogP contribution in [0.3, 0.4) is 0 Å². The van der Waals surface area contributed by atoms with Gasteiger partial charge in [-0.1, -0.05) is 25.4 Å². The molecule has 0 radical (unpaired) electrons. The molecule has 0 aliphatic carbocycles. The summed E-state index contributed by atoms with van der Waals surface area (Å²) in [5.74, 6) is 0.726. The van der Waals surface area contributed by atoms with Gasteiger partial charge in [0.25, 0.3) is 0 Å². The van der Waals surface area contributed by atoms with Gasteiger partial charge in [-0.05, 0) is 31.3 Å². The fourth-order valence-electron chi connectivity index (χ4n) is 2.55. The minimum atomic E-state index is 0.671. The molecule has 5 nitrogen and oxygen atoms in total. The summed E-state index contributed by atoms with van der Waals surface area (Å²) in [4.78, 5) is 11.0. The minimum Gasteiger partial charge on any atom is -0.450 e. The molecule has 0 aliphatic rings. The number of rotatable bonds is 6. The highest BCUT2D eigenvalue weighted by atomic mass is 35.5. The van der Waals surface area contributed by atoms with Gasteiger partial charge in [0.15, 0.2) is 11.4 Å². The molecular weight excluding hydrogens is 300 g/mol. The van der Waals surface area contributed by atoms with Gasteiger partial charge in [0.2, 0.25) is 0 Å². The van der Waals surface area contributed by atoms with Gasteiger partial charge in [0.1, 0.15) is 17.4 Å². The molecule has 0 unspecified atom stereocenters. The second-order valence-electron chi connectivity index (χ2n) is 5.10. The van der Waals surface area contributed by atoms with Crippen molar-refractivity contribution in [3.8, 4) is 0 Å². The van der Waals surface area contributed by atoms with Gasteiger partial charge in [-0.2, -0.15) is 0 Å². The average molecular weight is 319 g/mol. The van der Waals surface area contributed by atoms with Crippen LogP contribution in [0.15, 0.2) is 28.9 Å². The monoisotopic (exact) mass is 318 g/mol. The fraction of sp³-hybridized carbons (Fsp3) is 0.375. The van der Waals surface area contributed by atoms with Crippen LogP contribution in [0.5, 0.6) is 0 Å². The Morgan fingerprint density at radius 1 is 1.23 bits per heavy atom. The lowest BCUT2D eigenvalue weighted by Crippen LogP contribution is -2.28. The maximum absolute atomic E-state index is 6.06. The van der Waals surface area contributed by atoms with Crippen molar-refractivity contribution in [2.24, 2.45) is 0 Å². The van der Waals surface area contributed by atoms with Crippen LogP contribution >= 0.6 is 11.6 Å². The van der Waals surface area contributed by atoms with E-state index in [4.69, 9.17) is 16.0 Å². The number of nitrogens with zero attached hydrogens (tertiary/aromatic N) is 3. The van der Waals surface area contributed by atoms with Crippen molar-refractivity contribution < 1.29 is 4.42 Å². The molecular formula is C16H19ClN4O. The van der Waals surface area contributed by atoms with Crippen LogP contribution in [0, 0.1) is 0 Å². The summed E-state index contributed by atoms with van der Waals surface area (Å²) >= 11 is 6.06. The maximum Gasteiger partial charge on any atom is 0.196 e. The van der Waals surface area contributed by atoms with Crippen LogP contribution in [0.2, 0.25) is 5.02 Å². The fourth-order valence-corrected chi connectivity index (χ4v) is 2.72.